The van der Waals surface area contributed by atoms with E-state index in [-0.39, 0.29) is 0 Å². The van der Waals surface area contributed by atoms with Crippen molar-refractivity contribution in [3.63, 3.8) is 0 Å². The number of anilines is 1. The fourth-order valence-electron chi connectivity index (χ4n) is 1.62. The summed E-state index contributed by atoms with van der Waals surface area (Å²) in [6.07, 6.45) is 0.887. The van der Waals surface area contributed by atoms with E-state index in [1.54, 1.807) is 7.11 Å². The largest absolute Gasteiger partial charge is 0.383 e. The van der Waals surface area contributed by atoms with Crippen molar-refractivity contribution in [3.8, 4) is 0 Å². The fourth-order valence-corrected chi connectivity index (χ4v) is 1.62. The number of methoxy groups -OCH3 is 1. The standard InChI is InChI=1S/C13H19NO2/c1-10-7-13(6-5-12(10)8-15)14(3)11(2)9-16-4/h5-8,11H,9H2,1-4H3. The average molecular weight is 221 g/mol. The van der Waals surface area contributed by atoms with Crippen LogP contribution in [0.4, 0.5) is 5.69 Å². The molecule has 0 saturated heterocycles. The molecule has 0 fully saturated rings. The van der Waals surface area contributed by atoms with Gasteiger partial charge in [0.15, 0.2) is 0 Å². The average Bonchev–Trinajstić information content (AvgIpc) is 2.28. The number of likely N-dealkylation sites (N-methyl/N-ethyl adjacent to an activating group) is 1. The zero-order chi connectivity index (χ0) is 12.1. The van der Waals surface area contributed by atoms with Crippen LogP contribution in [0.2, 0.25) is 0 Å². The molecule has 0 amide bonds. The highest BCUT2D eigenvalue weighted by molar-refractivity contribution is 5.78. The first-order valence-electron chi connectivity index (χ1n) is 5.37. The van der Waals surface area contributed by atoms with Crippen molar-refractivity contribution in [2.45, 2.75) is 19.9 Å². The molecule has 0 saturated carbocycles. The van der Waals surface area contributed by atoms with Gasteiger partial charge in [0.2, 0.25) is 0 Å². The summed E-state index contributed by atoms with van der Waals surface area (Å²) in [4.78, 5) is 12.9. The second-order valence-electron chi connectivity index (χ2n) is 4.07. The summed E-state index contributed by atoms with van der Waals surface area (Å²) in [5.74, 6) is 0. The van der Waals surface area contributed by atoms with Crippen LogP contribution in [0.25, 0.3) is 0 Å². The SMILES string of the molecule is COCC(C)N(C)c1ccc(C=O)c(C)c1. The van der Waals surface area contributed by atoms with Gasteiger partial charge in [0.05, 0.1) is 6.61 Å². The molecule has 0 aliphatic rings. The summed E-state index contributed by atoms with van der Waals surface area (Å²) in [5.41, 5.74) is 2.85. The van der Waals surface area contributed by atoms with Gasteiger partial charge in [0, 0.05) is 31.5 Å². The van der Waals surface area contributed by atoms with Gasteiger partial charge in [-0.15, -0.1) is 0 Å². The maximum Gasteiger partial charge on any atom is 0.150 e. The molecular formula is C13H19NO2. The Bertz CT molecular complexity index is 363. The second kappa shape index (κ2) is 5.66. The van der Waals surface area contributed by atoms with Crippen LogP contribution in [-0.2, 0) is 4.74 Å². The number of benzene rings is 1. The molecule has 0 radical (unpaired) electrons. The highest BCUT2D eigenvalue weighted by Gasteiger charge is 2.10. The van der Waals surface area contributed by atoms with Crippen molar-refractivity contribution in [1.29, 1.82) is 0 Å². The van der Waals surface area contributed by atoms with E-state index in [4.69, 9.17) is 4.74 Å². The molecule has 1 aromatic carbocycles. The van der Waals surface area contributed by atoms with Crippen molar-refractivity contribution in [3.05, 3.63) is 29.3 Å². The summed E-state index contributed by atoms with van der Waals surface area (Å²) in [6.45, 7) is 4.74. The van der Waals surface area contributed by atoms with E-state index < -0.39 is 0 Å². The van der Waals surface area contributed by atoms with Crippen molar-refractivity contribution in [1.82, 2.24) is 0 Å². The van der Waals surface area contributed by atoms with Crippen molar-refractivity contribution in [2.75, 3.05) is 25.7 Å². The van der Waals surface area contributed by atoms with Gasteiger partial charge in [0.25, 0.3) is 0 Å². The van der Waals surface area contributed by atoms with Gasteiger partial charge in [-0.25, -0.2) is 0 Å². The Morgan fingerprint density at radius 1 is 1.50 bits per heavy atom. The van der Waals surface area contributed by atoms with Crippen LogP contribution in [-0.4, -0.2) is 33.1 Å². The normalized spacial score (nSPS) is 12.2. The van der Waals surface area contributed by atoms with E-state index in [9.17, 15) is 4.79 Å². The summed E-state index contributed by atoms with van der Waals surface area (Å²) in [7, 11) is 3.73. The van der Waals surface area contributed by atoms with Crippen LogP contribution in [0.15, 0.2) is 18.2 Å². The van der Waals surface area contributed by atoms with Crippen LogP contribution in [0.3, 0.4) is 0 Å². The Morgan fingerprint density at radius 3 is 2.69 bits per heavy atom. The van der Waals surface area contributed by atoms with Gasteiger partial charge < -0.3 is 9.64 Å². The predicted octanol–water partition coefficient (Wildman–Crippen LogP) is 2.28. The molecule has 1 rings (SSSR count). The molecule has 0 aliphatic carbocycles. The second-order valence-corrected chi connectivity index (χ2v) is 4.07. The van der Waals surface area contributed by atoms with E-state index in [0.29, 0.717) is 12.6 Å². The maximum atomic E-state index is 10.7. The lowest BCUT2D eigenvalue weighted by atomic mass is 10.1. The molecular weight excluding hydrogens is 202 g/mol. The number of carbonyl (C=O) groups excluding carboxylic acids is 1. The summed E-state index contributed by atoms with van der Waals surface area (Å²) in [5, 5.41) is 0. The smallest absolute Gasteiger partial charge is 0.150 e. The Hall–Kier alpha value is -1.35. The van der Waals surface area contributed by atoms with Gasteiger partial charge in [-0.2, -0.15) is 0 Å². The Balaban J connectivity index is 2.88. The molecule has 16 heavy (non-hydrogen) atoms. The number of hydrogen-bond acceptors (Lipinski definition) is 3. The van der Waals surface area contributed by atoms with Crippen molar-refractivity contribution < 1.29 is 9.53 Å². The molecule has 3 heteroatoms. The third kappa shape index (κ3) is 2.83. The van der Waals surface area contributed by atoms with Crippen LogP contribution in [0.1, 0.15) is 22.8 Å². The molecule has 0 spiro atoms. The molecule has 3 nitrogen and oxygen atoms in total. The van der Waals surface area contributed by atoms with Crippen LogP contribution in [0, 0.1) is 6.92 Å². The minimum atomic E-state index is 0.312. The predicted molar refractivity (Wildman–Crippen MR) is 66.3 cm³/mol. The van der Waals surface area contributed by atoms with E-state index in [2.05, 4.69) is 11.8 Å². The fraction of sp³-hybridized carbons (Fsp3) is 0.462. The molecule has 88 valence electrons. The molecule has 0 bridgehead atoms. The van der Waals surface area contributed by atoms with Crippen LogP contribution >= 0.6 is 0 Å². The lowest BCUT2D eigenvalue weighted by Gasteiger charge is -2.26. The molecule has 1 unspecified atom stereocenters. The third-order valence-electron chi connectivity index (χ3n) is 2.86. The number of carbonyl (C=O) groups is 1. The van der Waals surface area contributed by atoms with Gasteiger partial charge in [-0.05, 0) is 37.6 Å². The van der Waals surface area contributed by atoms with E-state index >= 15 is 0 Å². The first kappa shape index (κ1) is 12.7. The summed E-state index contributed by atoms with van der Waals surface area (Å²) < 4.78 is 5.12. The third-order valence-corrected chi connectivity index (χ3v) is 2.86. The summed E-state index contributed by atoms with van der Waals surface area (Å²) in [6, 6.07) is 6.15. The van der Waals surface area contributed by atoms with Gasteiger partial charge in [0.1, 0.15) is 6.29 Å². The Labute approximate surface area is 97.0 Å². The monoisotopic (exact) mass is 221 g/mol. The van der Waals surface area contributed by atoms with Crippen molar-refractivity contribution >= 4 is 12.0 Å². The van der Waals surface area contributed by atoms with Crippen molar-refractivity contribution in [2.24, 2.45) is 0 Å². The number of ether oxygens (including phenoxy) is 1. The molecule has 0 aliphatic heterocycles. The van der Waals surface area contributed by atoms with E-state index in [1.807, 2.05) is 32.2 Å². The molecule has 0 N–H and O–H groups in total. The highest BCUT2D eigenvalue weighted by atomic mass is 16.5. The molecule has 0 aromatic heterocycles. The maximum absolute atomic E-state index is 10.7. The summed E-state index contributed by atoms with van der Waals surface area (Å²) >= 11 is 0. The van der Waals surface area contributed by atoms with Gasteiger partial charge in [-0.1, -0.05) is 0 Å². The highest BCUT2D eigenvalue weighted by Crippen LogP contribution is 2.19. The van der Waals surface area contributed by atoms with Crippen LogP contribution < -0.4 is 4.90 Å². The molecule has 1 aromatic rings. The zero-order valence-corrected chi connectivity index (χ0v) is 10.4. The quantitative estimate of drug-likeness (QED) is 0.714. The molecule has 1 atom stereocenters. The molecule has 0 heterocycles. The van der Waals surface area contributed by atoms with Crippen LogP contribution in [0.5, 0.6) is 0 Å². The first-order chi connectivity index (χ1) is 7.60. The minimum Gasteiger partial charge on any atom is -0.383 e. The lowest BCUT2D eigenvalue weighted by molar-refractivity contribution is 0.112. The minimum absolute atomic E-state index is 0.312. The zero-order valence-electron chi connectivity index (χ0n) is 10.4. The van der Waals surface area contributed by atoms with Gasteiger partial charge >= 0.3 is 0 Å². The number of nitrogens with zero attached hydrogens (tertiary/aromatic N) is 1. The number of aldehydes is 1. The Morgan fingerprint density at radius 2 is 2.19 bits per heavy atom. The lowest BCUT2D eigenvalue weighted by Crippen LogP contribution is -2.32. The van der Waals surface area contributed by atoms with E-state index in [0.717, 1.165) is 23.1 Å². The number of hydrogen-bond donors (Lipinski definition) is 0. The first-order valence-corrected chi connectivity index (χ1v) is 5.37. The van der Waals surface area contributed by atoms with E-state index in [1.165, 1.54) is 0 Å². The van der Waals surface area contributed by atoms with Gasteiger partial charge in [-0.3, -0.25) is 4.79 Å². The Kier molecular flexibility index (Phi) is 4.50. The number of aryl methyl sites for hydroxylation is 1. The number of rotatable bonds is 5. The topological polar surface area (TPSA) is 29.5 Å².